The molecule has 4 aliphatic heterocycles. The first-order valence-electron chi connectivity index (χ1n) is 11.0. The fourth-order valence-corrected chi connectivity index (χ4v) is 7.25. The highest BCUT2D eigenvalue weighted by molar-refractivity contribution is 8.03. The predicted octanol–water partition coefficient (Wildman–Crippen LogP) is 0.308. The van der Waals surface area contributed by atoms with E-state index in [0.717, 1.165) is 50.3 Å². The third-order valence-corrected chi connectivity index (χ3v) is 8.86. The number of fused-ring (bicyclic) bond motifs is 1. The number of β-lactam (4-membered cyclic amide) rings is 1. The number of aliphatic carboxylic acids is 1. The molecule has 0 saturated carbocycles. The number of likely N-dealkylation sites (tertiary alicyclic amines) is 1. The molecule has 4 heterocycles. The van der Waals surface area contributed by atoms with E-state index in [9.17, 15) is 19.8 Å². The van der Waals surface area contributed by atoms with Gasteiger partial charge in [-0.3, -0.25) is 4.79 Å². The maximum Gasteiger partial charge on any atom is 0.353 e. The number of nitrogens with one attached hydrogen (secondary N) is 1. The topological polar surface area (TPSA) is 113 Å². The lowest BCUT2D eigenvalue weighted by Crippen LogP contribution is -2.63. The summed E-state index contributed by atoms with van der Waals surface area (Å²) in [5.41, 5.74) is 0.125. The van der Waals surface area contributed by atoms with Gasteiger partial charge in [-0.1, -0.05) is 6.92 Å². The zero-order valence-electron chi connectivity index (χ0n) is 17.7. The average molecular weight is 440 g/mol. The second kappa shape index (κ2) is 8.78. The molecule has 4 N–H and O–H groups in total. The molecule has 1 amide bonds. The molecule has 9 heteroatoms. The maximum atomic E-state index is 12.5. The van der Waals surface area contributed by atoms with Crippen molar-refractivity contribution >= 4 is 23.6 Å². The monoisotopic (exact) mass is 439 g/mol. The van der Waals surface area contributed by atoms with E-state index >= 15 is 0 Å². The Balaban J connectivity index is 1.40. The number of carboxylic acid groups (broad SMARTS) is 1. The summed E-state index contributed by atoms with van der Waals surface area (Å²) in [4.78, 5) is 29.0. The molecule has 4 rings (SSSR count). The van der Waals surface area contributed by atoms with Gasteiger partial charge < -0.3 is 30.4 Å². The van der Waals surface area contributed by atoms with Crippen LogP contribution in [0.25, 0.3) is 0 Å². The Labute approximate surface area is 181 Å². The van der Waals surface area contributed by atoms with Crippen LogP contribution < -0.4 is 5.32 Å². The smallest absolute Gasteiger partial charge is 0.353 e. The quantitative estimate of drug-likeness (QED) is 0.419. The van der Waals surface area contributed by atoms with Crippen LogP contribution in [0.1, 0.15) is 33.1 Å². The van der Waals surface area contributed by atoms with Crippen LogP contribution in [0.4, 0.5) is 0 Å². The van der Waals surface area contributed by atoms with Crippen molar-refractivity contribution in [1.82, 2.24) is 15.1 Å². The van der Waals surface area contributed by atoms with Crippen molar-refractivity contribution in [1.29, 1.82) is 0 Å². The molecule has 0 spiro atoms. The van der Waals surface area contributed by atoms with Gasteiger partial charge in [0.25, 0.3) is 0 Å². The van der Waals surface area contributed by atoms with Gasteiger partial charge in [0.1, 0.15) is 5.70 Å². The van der Waals surface area contributed by atoms with Crippen LogP contribution in [0.5, 0.6) is 0 Å². The van der Waals surface area contributed by atoms with Crippen LogP contribution in [0, 0.1) is 17.8 Å². The number of rotatable bonds is 7. The first-order chi connectivity index (χ1) is 14.3. The molecular weight excluding hydrogens is 406 g/mol. The molecule has 3 fully saturated rings. The zero-order valence-corrected chi connectivity index (χ0v) is 18.5. The third kappa shape index (κ3) is 3.79. The number of hydrogen-bond acceptors (Lipinski definition) is 7. The summed E-state index contributed by atoms with van der Waals surface area (Å²) in [6, 6.07) is 0.195. The van der Waals surface area contributed by atoms with Gasteiger partial charge in [0.2, 0.25) is 5.91 Å². The van der Waals surface area contributed by atoms with Crippen molar-refractivity contribution in [3.63, 3.8) is 0 Å². The molecule has 0 unspecified atom stereocenters. The summed E-state index contributed by atoms with van der Waals surface area (Å²) in [5.74, 6) is -1.29. The molecule has 0 aromatic carbocycles. The molecule has 8 nitrogen and oxygen atoms in total. The van der Waals surface area contributed by atoms with Gasteiger partial charge in [0.05, 0.1) is 24.7 Å². The van der Waals surface area contributed by atoms with E-state index in [-0.39, 0.29) is 35.4 Å². The summed E-state index contributed by atoms with van der Waals surface area (Å²) >= 11 is 1.62. The lowest BCUT2D eigenvalue weighted by atomic mass is 9.79. The van der Waals surface area contributed by atoms with E-state index in [4.69, 9.17) is 5.11 Å². The zero-order chi connectivity index (χ0) is 21.6. The minimum atomic E-state index is -1.05. The number of nitrogens with zero attached hydrogens (tertiary/aromatic N) is 2. The predicted molar refractivity (Wildman–Crippen MR) is 114 cm³/mol. The molecule has 0 bridgehead atoms. The Kier molecular flexibility index (Phi) is 6.46. The number of piperidine rings is 1. The van der Waals surface area contributed by atoms with E-state index in [0.29, 0.717) is 12.0 Å². The number of aliphatic hydroxyl groups excluding tert-OH is 2. The Morgan fingerprint density at radius 2 is 2.03 bits per heavy atom. The van der Waals surface area contributed by atoms with Crippen molar-refractivity contribution in [3.05, 3.63) is 10.6 Å². The van der Waals surface area contributed by atoms with Crippen molar-refractivity contribution in [2.24, 2.45) is 17.8 Å². The van der Waals surface area contributed by atoms with Crippen molar-refractivity contribution in [3.8, 4) is 0 Å². The van der Waals surface area contributed by atoms with Gasteiger partial charge in [0.15, 0.2) is 0 Å². The van der Waals surface area contributed by atoms with Crippen LogP contribution >= 0.6 is 11.8 Å². The Bertz CT molecular complexity index is 721. The van der Waals surface area contributed by atoms with Gasteiger partial charge in [0, 0.05) is 35.2 Å². The molecule has 0 aliphatic carbocycles. The highest BCUT2D eigenvalue weighted by Gasteiger charge is 2.60. The molecule has 0 aromatic heterocycles. The normalized spacial score (nSPS) is 36.2. The van der Waals surface area contributed by atoms with Crippen LogP contribution in [0.15, 0.2) is 10.6 Å². The van der Waals surface area contributed by atoms with E-state index in [1.165, 1.54) is 4.90 Å². The van der Waals surface area contributed by atoms with Crippen molar-refractivity contribution in [2.75, 3.05) is 32.8 Å². The molecule has 3 saturated heterocycles. The largest absolute Gasteiger partial charge is 0.477 e. The number of thioether (sulfide) groups is 1. The standard InChI is InChI=1S/C21H33N3O5S/c1-11-17-16(12(2)26)20(27)24(17)18(21(28)29)19(11)30-14-9-15(22-10-14)13-3-5-23(6-4-13)7-8-25/h11-17,22,25-26H,3-10H2,1-2H3,(H,28,29)/t11-,12-,14+,15+,16-,17-/m1/s1. The molecule has 30 heavy (non-hydrogen) atoms. The first-order valence-corrected chi connectivity index (χ1v) is 11.9. The highest BCUT2D eigenvalue weighted by atomic mass is 32.2. The minimum Gasteiger partial charge on any atom is -0.477 e. The van der Waals surface area contributed by atoms with Crippen molar-refractivity contribution in [2.45, 2.75) is 56.5 Å². The Morgan fingerprint density at radius 1 is 1.33 bits per heavy atom. The summed E-state index contributed by atoms with van der Waals surface area (Å²) < 4.78 is 0. The summed E-state index contributed by atoms with van der Waals surface area (Å²) in [5, 5.41) is 32.8. The van der Waals surface area contributed by atoms with E-state index < -0.39 is 18.0 Å². The highest BCUT2D eigenvalue weighted by Crippen LogP contribution is 2.52. The van der Waals surface area contributed by atoms with E-state index in [1.54, 1.807) is 18.7 Å². The number of carbonyl (C=O) groups excluding carboxylic acids is 1. The van der Waals surface area contributed by atoms with Gasteiger partial charge in [-0.25, -0.2) is 4.79 Å². The van der Waals surface area contributed by atoms with Gasteiger partial charge >= 0.3 is 5.97 Å². The fraction of sp³-hybridized carbons (Fsp3) is 0.810. The lowest BCUT2D eigenvalue weighted by Gasteiger charge is -2.46. The number of aliphatic hydroxyl groups is 2. The summed E-state index contributed by atoms with van der Waals surface area (Å²) in [7, 11) is 0. The molecule has 6 atom stereocenters. The van der Waals surface area contributed by atoms with Crippen LogP contribution in [0.2, 0.25) is 0 Å². The Hall–Kier alpha value is -1.13. The van der Waals surface area contributed by atoms with Crippen LogP contribution in [-0.2, 0) is 9.59 Å². The number of amides is 1. The number of β-amino-alcohol motifs (C(OH)–C–C–N with tert-alkyl or cyclic N) is 1. The molecule has 4 aliphatic rings. The molecular formula is C21H33N3O5S. The first kappa shape index (κ1) is 22.1. The average Bonchev–Trinajstić information content (AvgIpc) is 3.25. The second-order valence-corrected chi connectivity index (χ2v) is 10.5. The van der Waals surface area contributed by atoms with Crippen molar-refractivity contribution < 1.29 is 24.9 Å². The third-order valence-electron chi connectivity index (χ3n) is 7.35. The lowest BCUT2D eigenvalue weighted by molar-refractivity contribution is -0.163. The van der Waals surface area contributed by atoms with Gasteiger partial charge in [-0.15, -0.1) is 11.8 Å². The molecule has 168 valence electrons. The number of carbonyl (C=O) groups is 2. The number of carboxylic acids is 1. The Morgan fingerprint density at radius 3 is 2.63 bits per heavy atom. The fourth-order valence-electron chi connectivity index (χ4n) is 5.76. The van der Waals surface area contributed by atoms with Crippen LogP contribution in [-0.4, -0.2) is 93.2 Å². The van der Waals surface area contributed by atoms with Gasteiger partial charge in [-0.05, 0) is 45.2 Å². The summed E-state index contributed by atoms with van der Waals surface area (Å²) in [6.45, 7) is 7.42. The van der Waals surface area contributed by atoms with E-state index in [2.05, 4.69) is 10.2 Å². The van der Waals surface area contributed by atoms with Crippen LogP contribution in [0.3, 0.4) is 0 Å². The van der Waals surface area contributed by atoms with Gasteiger partial charge in [-0.2, -0.15) is 0 Å². The molecule has 0 aromatic rings. The number of hydrogen-bond donors (Lipinski definition) is 4. The summed E-state index contributed by atoms with van der Waals surface area (Å²) in [6.07, 6.45) is 2.47. The van der Waals surface area contributed by atoms with E-state index in [1.807, 2.05) is 6.92 Å². The second-order valence-electron chi connectivity index (χ2n) is 9.16. The minimum absolute atomic E-state index is 0.0702. The maximum absolute atomic E-state index is 12.5. The SMILES string of the molecule is C[C@@H](O)[C@H]1C(=O)N2C(C(=O)O)=C(S[C@@H]3CN[C@H](C4CCN(CCO)CC4)C3)[C@H](C)[C@H]12. The molecule has 0 radical (unpaired) electrons.